The molecule has 1 saturated heterocycles. The standard InChI is InChI=1S/C15H23N3O4S/c1-4-22-14-7-5-13(6-8-14)18-11-12(9-15(18)19)10-16-23(20,21)17(2)3/h5-8,12,16H,4,9-11H2,1-3H3/t12-/m0/s1. The first-order valence-corrected chi connectivity index (χ1v) is 8.98. The topological polar surface area (TPSA) is 79.0 Å². The van der Waals surface area contributed by atoms with Crippen LogP contribution in [0.5, 0.6) is 5.75 Å². The number of benzene rings is 1. The summed E-state index contributed by atoms with van der Waals surface area (Å²) >= 11 is 0. The fourth-order valence-corrected chi connectivity index (χ4v) is 3.11. The van der Waals surface area contributed by atoms with Crippen LogP contribution >= 0.6 is 0 Å². The minimum atomic E-state index is -3.46. The molecule has 7 nitrogen and oxygen atoms in total. The second kappa shape index (κ2) is 7.29. The van der Waals surface area contributed by atoms with Crippen LogP contribution in [0.2, 0.25) is 0 Å². The lowest BCUT2D eigenvalue weighted by molar-refractivity contribution is -0.117. The van der Waals surface area contributed by atoms with Gasteiger partial charge in [-0.1, -0.05) is 0 Å². The zero-order chi connectivity index (χ0) is 17.0. The lowest BCUT2D eigenvalue weighted by Crippen LogP contribution is -2.38. The van der Waals surface area contributed by atoms with E-state index in [4.69, 9.17) is 4.74 Å². The van der Waals surface area contributed by atoms with Gasteiger partial charge in [0.1, 0.15) is 5.75 Å². The number of carbonyl (C=O) groups is 1. The van der Waals surface area contributed by atoms with E-state index in [1.54, 1.807) is 4.90 Å². The summed E-state index contributed by atoms with van der Waals surface area (Å²) in [6.45, 7) is 3.26. The quantitative estimate of drug-likeness (QED) is 0.797. The van der Waals surface area contributed by atoms with Gasteiger partial charge >= 0.3 is 0 Å². The molecule has 2 rings (SSSR count). The fraction of sp³-hybridized carbons (Fsp3) is 0.533. The van der Waals surface area contributed by atoms with Gasteiger partial charge in [0, 0.05) is 39.3 Å². The van der Waals surface area contributed by atoms with E-state index in [9.17, 15) is 13.2 Å². The third kappa shape index (κ3) is 4.43. The molecule has 1 aliphatic rings. The Hall–Kier alpha value is -1.64. The summed E-state index contributed by atoms with van der Waals surface area (Å²) in [7, 11) is -0.527. The molecular formula is C15H23N3O4S. The van der Waals surface area contributed by atoms with E-state index in [0.717, 1.165) is 15.7 Å². The first kappa shape index (κ1) is 17.7. The largest absolute Gasteiger partial charge is 0.494 e. The van der Waals surface area contributed by atoms with E-state index in [0.29, 0.717) is 19.6 Å². The predicted molar refractivity (Wildman–Crippen MR) is 88.7 cm³/mol. The zero-order valence-corrected chi connectivity index (χ0v) is 14.5. The molecule has 1 heterocycles. The average molecular weight is 341 g/mol. The molecule has 0 saturated carbocycles. The molecular weight excluding hydrogens is 318 g/mol. The highest BCUT2D eigenvalue weighted by atomic mass is 32.2. The van der Waals surface area contributed by atoms with Crippen molar-refractivity contribution in [3.8, 4) is 5.75 Å². The Labute approximate surface area is 137 Å². The highest BCUT2D eigenvalue weighted by molar-refractivity contribution is 7.87. The molecule has 8 heteroatoms. The van der Waals surface area contributed by atoms with Gasteiger partial charge in [0.15, 0.2) is 0 Å². The molecule has 1 fully saturated rings. The summed E-state index contributed by atoms with van der Waals surface area (Å²) in [6.07, 6.45) is 0.336. The highest BCUT2D eigenvalue weighted by Crippen LogP contribution is 2.26. The number of hydrogen-bond donors (Lipinski definition) is 1. The number of anilines is 1. The summed E-state index contributed by atoms with van der Waals surface area (Å²) in [5.74, 6) is 0.727. The summed E-state index contributed by atoms with van der Waals surface area (Å²) in [6, 6.07) is 7.34. The van der Waals surface area contributed by atoms with Crippen LogP contribution in [0.25, 0.3) is 0 Å². The van der Waals surface area contributed by atoms with Crippen molar-refractivity contribution in [2.24, 2.45) is 5.92 Å². The summed E-state index contributed by atoms with van der Waals surface area (Å²) in [5, 5.41) is 0. The van der Waals surface area contributed by atoms with Gasteiger partial charge in [-0.05, 0) is 37.1 Å². The molecule has 128 valence electrons. The first-order chi connectivity index (χ1) is 10.8. The van der Waals surface area contributed by atoms with E-state index in [2.05, 4.69) is 4.72 Å². The molecule has 1 N–H and O–H groups in total. The third-order valence-corrected chi connectivity index (χ3v) is 5.19. The van der Waals surface area contributed by atoms with Crippen molar-refractivity contribution in [2.45, 2.75) is 13.3 Å². The van der Waals surface area contributed by atoms with Crippen LogP contribution in [-0.2, 0) is 15.0 Å². The van der Waals surface area contributed by atoms with E-state index >= 15 is 0 Å². The number of amides is 1. The second-order valence-corrected chi connectivity index (χ2v) is 7.61. The van der Waals surface area contributed by atoms with Crippen LogP contribution in [0.1, 0.15) is 13.3 Å². The average Bonchev–Trinajstić information content (AvgIpc) is 2.87. The number of nitrogens with zero attached hydrogens (tertiary/aromatic N) is 2. The number of carbonyl (C=O) groups excluding carboxylic acids is 1. The predicted octanol–water partition coefficient (Wildman–Crippen LogP) is 0.834. The van der Waals surface area contributed by atoms with E-state index in [1.165, 1.54) is 14.1 Å². The van der Waals surface area contributed by atoms with E-state index < -0.39 is 10.2 Å². The molecule has 1 atom stereocenters. The Bertz CT molecular complexity index is 643. The molecule has 0 aromatic heterocycles. The Morgan fingerprint density at radius 1 is 1.30 bits per heavy atom. The van der Waals surface area contributed by atoms with Gasteiger partial charge < -0.3 is 9.64 Å². The van der Waals surface area contributed by atoms with Gasteiger partial charge in [-0.15, -0.1) is 0 Å². The smallest absolute Gasteiger partial charge is 0.278 e. The van der Waals surface area contributed by atoms with Crippen LogP contribution in [0.4, 0.5) is 5.69 Å². The summed E-state index contributed by atoms with van der Waals surface area (Å²) in [5.41, 5.74) is 0.802. The first-order valence-electron chi connectivity index (χ1n) is 7.54. The summed E-state index contributed by atoms with van der Waals surface area (Å²) in [4.78, 5) is 13.8. The van der Waals surface area contributed by atoms with Gasteiger partial charge in [-0.3, -0.25) is 4.79 Å². The molecule has 0 spiro atoms. The molecule has 1 aromatic carbocycles. The molecule has 0 bridgehead atoms. The number of nitrogens with one attached hydrogen (secondary N) is 1. The van der Waals surface area contributed by atoms with Crippen molar-refractivity contribution in [1.29, 1.82) is 0 Å². The minimum Gasteiger partial charge on any atom is -0.494 e. The van der Waals surface area contributed by atoms with Crippen LogP contribution < -0.4 is 14.4 Å². The minimum absolute atomic E-state index is 0.00297. The Morgan fingerprint density at radius 2 is 1.96 bits per heavy atom. The zero-order valence-electron chi connectivity index (χ0n) is 13.7. The maximum Gasteiger partial charge on any atom is 0.278 e. The van der Waals surface area contributed by atoms with Crippen molar-refractivity contribution in [3.05, 3.63) is 24.3 Å². The number of ether oxygens (including phenoxy) is 1. The Balaban J connectivity index is 1.97. The molecule has 0 radical (unpaired) electrons. The molecule has 0 unspecified atom stereocenters. The molecule has 1 aromatic rings. The van der Waals surface area contributed by atoms with Crippen molar-refractivity contribution >= 4 is 21.8 Å². The van der Waals surface area contributed by atoms with Crippen molar-refractivity contribution < 1.29 is 17.9 Å². The highest BCUT2D eigenvalue weighted by Gasteiger charge is 2.31. The van der Waals surface area contributed by atoms with Crippen molar-refractivity contribution in [3.63, 3.8) is 0 Å². The van der Waals surface area contributed by atoms with Gasteiger partial charge in [-0.25, -0.2) is 4.72 Å². The SMILES string of the molecule is CCOc1ccc(N2C[C@H](CNS(=O)(=O)N(C)C)CC2=O)cc1. The van der Waals surface area contributed by atoms with Crippen molar-refractivity contribution in [2.75, 3.05) is 38.7 Å². The van der Waals surface area contributed by atoms with Crippen LogP contribution in [0.15, 0.2) is 24.3 Å². The second-order valence-electron chi connectivity index (χ2n) is 5.64. The van der Waals surface area contributed by atoms with Crippen LogP contribution in [-0.4, -0.2) is 52.4 Å². The molecule has 23 heavy (non-hydrogen) atoms. The maximum absolute atomic E-state index is 12.2. The lowest BCUT2D eigenvalue weighted by atomic mass is 10.1. The van der Waals surface area contributed by atoms with Crippen LogP contribution in [0.3, 0.4) is 0 Å². The maximum atomic E-state index is 12.2. The Morgan fingerprint density at radius 3 is 2.52 bits per heavy atom. The molecule has 1 aliphatic heterocycles. The van der Waals surface area contributed by atoms with E-state index in [-0.39, 0.29) is 18.4 Å². The monoisotopic (exact) mass is 341 g/mol. The number of hydrogen-bond acceptors (Lipinski definition) is 4. The van der Waals surface area contributed by atoms with Gasteiger partial charge in [0.05, 0.1) is 6.61 Å². The van der Waals surface area contributed by atoms with Gasteiger partial charge in [-0.2, -0.15) is 12.7 Å². The third-order valence-electron chi connectivity index (χ3n) is 3.70. The normalized spacial score (nSPS) is 18.7. The summed E-state index contributed by atoms with van der Waals surface area (Å²) < 4.78 is 32.5. The number of rotatable bonds is 7. The van der Waals surface area contributed by atoms with E-state index in [1.807, 2.05) is 31.2 Å². The molecule has 1 amide bonds. The van der Waals surface area contributed by atoms with Crippen LogP contribution in [0, 0.1) is 5.92 Å². The lowest BCUT2D eigenvalue weighted by Gasteiger charge is -2.18. The molecule has 0 aliphatic carbocycles. The Kier molecular flexibility index (Phi) is 5.61. The van der Waals surface area contributed by atoms with Crippen molar-refractivity contribution in [1.82, 2.24) is 9.03 Å². The van der Waals surface area contributed by atoms with Gasteiger partial charge in [0.25, 0.3) is 10.2 Å². The fourth-order valence-electron chi connectivity index (χ4n) is 2.41. The van der Waals surface area contributed by atoms with Gasteiger partial charge in [0.2, 0.25) is 5.91 Å².